The van der Waals surface area contributed by atoms with Crippen molar-refractivity contribution in [2.45, 2.75) is 26.3 Å². The van der Waals surface area contributed by atoms with Crippen molar-refractivity contribution in [3.8, 4) is 0 Å². The highest BCUT2D eigenvalue weighted by Gasteiger charge is 2.16. The van der Waals surface area contributed by atoms with Crippen LogP contribution in [-0.2, 0) is 0 Å². The average Bonchev–Trinajstić information content (AvgIpc) is 2.42. The zero-order valence-corrected chi connectivity index (χ0v) is 8.37. The molecule has 1 saturated heterocycles. The highest BCUT2D eigenvalue weighted by Crippen LogP contribution is 2.19. The molecule has 2 heteroatoms. The number of rotatable bonds is 1. The van der Waals surface area contributed by atoms with Crippen LogP contribution in [0, 0.1) is 0 Å². The first-order valence-corrected chi connectivity index (χ1v) is 5.20. The third-order valence-corrected chi connectivity index (χ3v) is 2.78. The molecule has 1 heterocycles. The maximum Gasteiger partial charge on any atom is 0.0188 e. The van der Waals surface area contributed by atoms with Crippen molar-refractivity contribution < 1.29 is 0 Å². The van der Waals surface area contributed by atoms with Crippen molar-refractivity contribution in [1.29, 1.82) is 0 Å². The normalized spacial score (nSPS) is 24.3. The fraction of sp³-hybridized carbons (Fsp3) is 1.00. The molecule has 10 heavy (non-hydrogen) atoms. The van der Waals surface area contributed by atoms with Crippen LogP contribution < -0.4 is 0 Å². The summed E-state index contributed by atoms with van der Waals surface area (Å²) in [4.78, 5) is 2.32. The van der Waals surface area contributed by atoms with Crippen LogP contribution in [0.4, 0.5) is 0 Å². The van der Waals surface area contributed by atoms with E-state index in [-0.39, 0.29) is 0 Å². The molecule has 0 saturated carbocycles. The van der Waals surface area contributed by atoms with E-state index in [9.17, 15) is 0 Å². The van der Waals surface area contributed by atoms with E-state index in [4.69, 9.17) is 0 Å². The van der Waals surface area contributed by atoms with Gasteiger partial charge in [-0.3, -0.25) is 0 Å². The Balaban J connectivity index is 0.000000371. The molecule has 1 unspecified atom stereocenters. The fourth-order valence-corrected chi connectivity index (χ4v) is 2.27. The van der Waals surface area contributed by atoms with Crippen LogP contribution in [0.25, 0.3) is 0 Å². The van der Waals surface area contributed by atoms with Crippen molar-refractivity contribution in [3.05, 3.63) is 0 Å². The van der Waals surface area contributed by atoms with Crippen LogP contribution in [-0.4, -0.2) is 36.5 Å². The first-order chi connectivity index (χ1) is 4.80. The number of hydrogen-bond donors (Lipinski definition) is 0. The lowest BCUT2D eigenvalue weighted by atomic mass is 10.2. The molecule has 1 aliphatic heterocycles. The molecule has 62 valence electrons. The summed E-state index contributed by atoms with van der Waals surface area (Å²) in [5, 5.41) is 0. The SMILES string of the molecule is CC.CN(C)C1CCSC1. The molecule has 1 rings (SSSR count). The second kappa shape index (κ2) is 6.05. The first kappa shape index (κ1) is 10.3. The van der Waals surface area contributed by atoms with Crippen LogP contribution >= 0.6 is 11.8 Å². The maximum absolute atomic E-state index is 2.32. The van der Waals surface area contributed by atoms with Gasteiger partial charge in [-0.05, 0) is 26.3 Å². The van der Waals surface area contributed by atoms with Crippen molar-refractivity contribution >= 4 is 11.8 Å². The summed E-state index contributed by atoms with van der Waals surface area (Å²) >= 11 is 2.07. The highest BCUT2D eigenvalue weighted by atomic mass is 32.2. The number of thioether (sulfide) groups is 1. The molecule has 0 aromatic heterocycles. The molecule has 0 spiro atoms. The summed E-state index contributed by atoms with van der Waals surface area (Å²) < 4.78 is 0. The summed E-state index contributed by atoms with van der Waals surface area (Å²) in [5.41, 5.74) is 0. The molecule has 0 bridgehead atoms. The predicted molar refractivity (Wildman–Crippen MR) is 50.8 cm³/mol. The molecule has 0 aromatic rings. The summed E-state index contributed by atoms with van der Waals surface area (Å²) in [7, 11) is 4.33. The molecule has 0 aromatic carbocycles. The largest absolute Gasteiger partial charge is 0.306 e. The van der Waals surface area contributed by atoms with Crippen molar-refractivity contribution in [2.75, 3.05) is 25.6 Å². The highest BCUT2D eigenvalue weighted by molar-refractivity contribution is 7.99. The zero-order chi connectivity index (χ0) is 7.98. The molecular formula is C8H19NS. The Hall–Kier alpha value is 0.310. The van der Waals surface area contributed by atoms with Crippen LogP contribution in [0.3, 0.4) is 0 Å². The minimum Gasteiger partial charge on any atom is -0.306 e. The minimum atomic E-state index is 0.861. The van der Waals surface area contributed by atoms with Gasteiger partial charge in [0.05, 0.1) is 0 Å². The van der Waals surface area contributed by atoms with Gasteiger partial charge in [-0.1, -0.05) is 13.8 Å². The van der Waals surface area contributed by atoms with E-state index in [2.05, 4.69) is 30.8 Å². The van der Waals surface area contributed by atoms with Gasteiger partial charge in [-0.2, -0.15) is 11.8 Å². The maximum atomic E-state index is 2.32. The van der Waals surface area contributed by atoms with Crippen molar-refractivity contribution in [3.63, 3.8) is 0 Å². The lowest BCUT2D eigenvalue weighted by Crippen LogP contribution is -2.26. The summed E-state index contributed by atoms with van der Waals surface area (Å²) in [5.74, 6) is 2.70. The quantitative estimate of drug-likeness (QED) is 0.579. The second-order valence-corrected chi connectivity index (χ2v) is 3.63. The van der Waals surface area contributed by atoms with E-state index in [0.29, 0.717) is 0 Å². The molecule has 1 fully saturated rings. The van der Waals surface area contributed by atoms with Gasteiger partial charge >= 0.3 is 0 Å². The van der Waals surface area contributed by atoms with Gasteiger partial charge in [0.1, 0.15) is 0 Å². The molecule has 1 aliphatic rings. The summed E-state index contributed by atoms with van der Waals surface area (Å²) in [6.07, 6.45) is 1.39. The third-order valence-electron chi connectivity index (χ3n) is 1.64. The Morgan fingerprint density at radius 1 is 1.30 bits per heavy atom. The van der Waals surface area contributed by atoms with Gasteiger partial charge in [0, 0.05) is 11.8 Å². The van der Waals surface area contributed by atoms with Crippen LogP contribution in [0.2, 0.25) is 0 Å². The zero-order valence-electron chi connectivity index (χ0n) is 7.55. The predicted octanol–water partition coefficient (Wildman–Crippen LogP) is 2.08. The summed E-state index contributed by atoms with van der Waals surface area (Å²) in [6, 6.07) is 0.861. The standard InChI is InChI=1S/C6H13NS.C2H6/c1-7(2)6-3-4-8-5-6;1-2/h6H,3-5H2,1-2H3;1-2H3. The molecule has 0 amide bonds. The lowest BCUT2D eigenvalue weighted by molar-refractivity contribution is 0.320. The average molecular weight is 161 g/mol. The first-order valence-electron chi connectivity index (χ1n) is 4.05. The Labute approximate surface area is 69.2 Å². The van der Waals surface area contributed by atoms with Gasteiger partial charge in [-0.15, -0.1) is 0 Å². The Bertz CT molecular complexity index is 67.7. The Morgan fingerprint density at radius 2 is 1.90 bits per heavy atom. The molecular weight excluding hydrogens is 142 g/mol. The fourth-order valence-electron chi connectivity index (χ4n) is 0.929. The third kappa shape index (κ3) is 3.47. The van der Waals surface area contributed by atoms with Gasteiger partial charge in [0.15, 0.2) is 0 Å². The summed E-state index contributed by atoms with van der Waals surface area (Å²) in [6.45, 7) is 4.00. The number of nitrogens with zero attached hydrogens (tertiary/aromatic N) is 1. The molecule has 0 aliphatic carbocycles. The van der Waals surface area contributed by atoms with Crippen LogP contribution in [0.15, 0.2) is 0 Å². The number of hydrogen-bond acceptors (Lipinski definition) is 2. The molecule has 0 N–H and O–H groups in total. The smallest absolute Gasteiger partial charge is 0.0188 e. The molecule has 1 atom stereocenters. The van der Waals surface area contributed by atoms with E-state index in [0.717, 1.165) is 6.04 Å². The van der Waals surface area contributed by atoms with E-state index < -0.39 is 0 Å². The van der Waals surface area contributed by atoms with Gasteiger partial charge in [-0.25, -0.2) is 0 Å². The van der Waals surface area contributed by atoms with Crippen LogP contribution in [0.1, 0.15) is 20.3 Å². The van der Waals surface area contributed by atoms with Gasteiger partial charge < -0.3 is 4.90 Å². The Morgan fingerprint density at radius 3 is 2.10 bits per heavy atom. The Kier molecular flexibility index (Phi) is 6.24. The molecule has 1 nitrogen and oxygen atoms in total. The van der Waals surface area contributed by atoms with E-state index in [1.54, 1.807) is 0 Å². The van der Waals surface area contributed by atoms with Gasteiger partial charge in [0.2, 0.25) is 0 Å². The van der Waals surface area contributed by atoms with Crippen molar-refractivity contribution in [1.82, 2.24) is 4.90 Å². The minimum absolute atomic E-state index is 0.861. The monoisotopic (exact) mass is 161 g/mol. The van der Waals surface area contributed by atoms with Gasteiger partial charge in [0.25, 0.3) is 0 Å². The second-order valence-electron chi connectivity index (χ2n) is 2.48. The van der Waals surface area contributed by atoms with E-state index in [1.165, 1.54) is 17.9 Å². The molecule has 0 radical (unpaired) electrons. The van der Waals surface area contributed by atoms with Crippen molar-refractivity contribution in [2.24, 2.45) is 0 Å². The topological polar surface area (TPSA) is 3.24 Å². The van der Waals surface area contributed by atoms with E-state index in [1.807, 2.05) is 13.8 Å². The van der Waals surface area contributed by atoms with E-state index >= 15 is 0 Å². The van der Waals surface area contributed by atoms with Crippen LogP contribution in [0.5, 0.6) is 0 Å². The lowest BCUT2D eigenvalue weighted by Gasteiger charge is -2.16.